The number of aliphatic hydroxyl groups is 1. The number of benzene rings is 3. The van der Waals surface area contributed by atoms with E-state index in [-0.39, 0.29) is 50.5 Å². The maximum absolute atomic E-state index is 15.7. The van der Waals surface area contributed by atoms with Gasteiger partial charge in [-0.2, -0.15) is 0 Å². The highest BCUT2D eigenvalue weighted by Gasteiger charge is 2.57. The van der Waals surface area contributed by atoms with Crippen LogP contribution in [0.2, 0.25) is 10.0 Å². The number of anilines is 2. The Morgan fingerprint density at radius 2 is 1.82 bits per heavy atom. The summed E-state index contributed by atoms with van der Waals surface area (Å²) in [5, 5.41) is 16.3. The monoisotopic (exact) mass is 667 g/mol. The summed E-state index contributed by atoms with van der Waals surface area (Å²) in [7, 11) is 1.29. The molecule has 0 saturated heterocycles. The number of amides is 3. The molecule has 0 saturated carbocycles. The quantitative estimate of drug-likeness (QED) is 0.216. The van der Waals surface area contributed by atoms with Crippen molar-refractivity contribution in [3.63, 3.8) is 0 Å². The van der Waals surface area contributed by atoms with E-state index in [0.717, 1.165) is 29.5 Å². The molecule has 1 heterocycles. The Hall–Kier alpha value is -4.00. The van der Waals surface area contributed by atoms with Gasteiger partial charge < -0.3 is 30.1 Å². The highest BCUT2D eigenvalue weighted by Crippen LogP contribution is 2.47. The number of nitrogens with zero attached hydrogens (tertiary/aromatic N) is 1. The van der Waals surface area contributed by atoms with E-state index >= 15 is 8.78 Å². The molecule has 3 aromatic rings. The Morgan fingerprint density at radius 3 is 2.53 bits per heavy atom. The molecular weight excluding hydrogens is 638 g/mol. The predicted molar refractivity (Wildman–Crippen MR) is 163 cm³/mol. The Morgan fingerprint density at radius 1 is 1.07 bits per heavy atom. The second kappa shape index (κ2) is 14.0. The summed E-state index contributed by atoms with van der Waals surface area (Å²) in [4.78, 5) is 39.8. The van der Waals surface area contributed by atoms with E-state index in [1.165, 1.54) is 43.5 Å². The lowest BCUT2D eigenvalue weighted by Crippen LogP contribution is -2.53. The van der Waals surface area contributed by atoms with Gasteiger partial charge in [0.1, 0.15) is 11.6 Å². The summed E-state index contributed by atoms with van der Waals surface area (Å²) in [5.74, 6) is -5.91. The highest BCUT2D eigenvalue weighted by atomic mass is 35.5. The first-order valence-corrected chi connectivity index (χ1v) is 14.6. The summed E-state index contributed by atoms with van der Waals surface area (Å²) in [5.41, 5.74) is -3.38. The third-order valence-electron chi connectivity index (χ3n) is 7.28. The van der Waals surface area contributed by atoms with Crippen LogP contribution in [0.5, 0.6) is 5.75 Å². The van der Waals surface area contributed by atoms with E-state index < -0.39 is 54.8 Å². The van der Waals surface area contributed by atoms with Crippen LogP contribution in [0.4, 0.5) is 29.3 Å². The van der Waals surface area contributed by atoms with E-state index in [1.54, 1.807) is 0 Å². The zero-order valence-electron chi connectivity index (χ0n) is 24.3. The third kappa shape index (κ3) is 7.29. The Labute approximate surface area is 267 Å². The molecule has 3 amide bonds. The number of rotatable bonds is 9. The first-order chi connectivity index (χ1) is 21.3. The number of halogens is 5. The van der Waals surface area contributed by atoms with E-state index in [2.05, 4.69) is 10.6 Å². The topological polar surface area (TPSA) is 117 Å². The largest absolute Gasteiger partial charge is 0.495 e. The average Bonchev–Trinajstić information content (AvgIpc) is 3.09. The summed E-state index contributed by atoms with van der Waals surface area (Å²) in [6.07, 6.45) is -0.623. The van der Waals surface area contributed by atoms with Crippen LogP contribution >= 0.6 is 23.2 Å². The summed E-state index contributed by atoms with van der Waals surface area (Å²) < 4.78 is 55.4. The smallest absolute Gasteiger partial charge is 0.407 e. The van der Waals surface area contributed by atoms with E-state index in [9.17, 15) is 23.9 Å². The van der Waals surface area contributed by atoms with Crippen molar-refractivity contribution in [3.8, 4) is 5.75 Å². The van der Waals surface area contributed by atoms with Gasteiger partial charge in [0.05, 0.1) is 42.2 Å². The Kier molecular flexibility index (Phi) is 10.5. The van der Waals surface area contributed by atoms with Gasteiger partial charge in [-0.05, 0) is 61.0 Å². The van der Waals surface area contributed by atoms with Crippen molar-refractivity contribution >= 4 is 52.5 Å². The minimum atomic E-state index is -3.82. The van der Waals surface area contributed by atoms with Gasteiger partial charge in [-0.3, -0.25) is 9.59 Å². The molecule has 0 spiro atoms. The summed E-state index contributed by atoms with van der Waals surface area (Å²) in [6, 6.07) is 11.1. The number of carbonyl (C=O) groups excluding carboxylic acids is 3. The van der Waals surface area contributed by atoms with Crippen LogP contribution in [-0.2, 0) is 10.3 Å². The van der Waals surface area contributed by atoms with Crippen LogP contribution in [0.1, 0.15) is 52.5 Å². The zero-order chi connectivity index (χ0) is 32.9. The number of nitrogens with one attached hydrogen (secondary N) is 2. The molecule has 1 unspecified atom stereocenters. The van der Waals surface area contributed by atoms with Crippen LogP contribution in [0.3, 0.4) is 0 Å². The van der Waals surface area contributed by atoms with Crippen LogP contribution in [0.15, 0.2) is 54.6 Å². The minimum absolute atomic E-state index is 0.000852. The zero-order valence-corrected chi connectivity index (χ0v) is 25.8. The molecule has 0 aliphatic carbocycles. The number of ether oxygens (including phenoxy) is 2. The second-order valence-corrected chi connectivity index (χ2v) is 11.1. The molecule has 9 nitrogen and oxygen atoms in total. The molecular formula is C31H30Cl2F3N3O6. The number of fused-ring (bicyclic) bond motifs is 1. The van der Waals surface area contributed by atoms with E-state index in [1.807, 2.05) is 6.92 Å². The molecule has 3 N–H and O–H groups in total. The lowest BCUT2D eigenvalue weighted by atomic mass is 9.85. The van der Waals surface area contributed by atoms with Gasteiger partial charge in [0, 0.05) is 29.1 Å². The normalized spacial score (nSPS) is 17.1. The summed E-state index contributed by atoms with van der Waals surface area (Å²) in [6.45, 7) is 0.532. The van der Waals surface area contributed by atoms with Crippen molar-refractivity contribution < 1.29 is 42.1 Å². The van der Waals surface area contributed by atoms with Crippen molar-refractivity contribution in [2.45, 2.75) is 37.7 Å². The summed E-state index contributed by atoms with van der Waals surface area (Å²) >= 11 is 12.2. The van der Waals surface area contributed by atoms with Gasteiger partial charge in [-0.15, -0.1) is 0 Å². The number of unbranched alkanes of at least 4 members (excludes halogenated alkanes) is 1. The molecule has 0 bridgehead atoms. The van der Waals surface area contributed by atoms with Crippen molar-refractivity contribution in [1.82, 2.24) is 5.32 Å². The molecule has 0 radical (unpaired) electrons. The minimum Gasteiger partial charge on any atom is -0.495 e. The lowest BCUT2D eigenvalue weighted by Gasteiger charge is -2.35. The third-order valence-corrected chi connectivity index (χ3v) is 7.85. The van der Waals surface area contributed by atoms with Gasteiger partial charge >= 0.3 is 6.09 Å². The fourth-order valence-electron chi connectivity index (χ4n) is 4.79. The van der Waals surface area contributed by atoms with Crippen LogP contribution < -0.4 is 20.3 Å². The first kappa shape index (κ1) is 33.9. The number of alkyl carbamates (subject to hydrolysis) is 1. The number of hydrogen-bond donors (Lipinski definition) is 3. The van der Waals surface area contributed by atoms with Crippen LogP contribution in [0.25, 0.3) is 0 Å². The van der Waals surface area contributed by atoms with Crippen molar-refractivity contribution in [2.24, 2.45) is 0 Å². The van der Waals surface area contributed by atoms with Crippen molar-refractivity contribution in [2.75, 3.05) is 37.0 Å². The van der Waals surface area contributed by atoms with Gasteiger partial charge in [-0.25, -0.2) is 18.0 Å². The fraction of sp³-hybridized carbons (Fsp3) is 0.323. The van der Waals surface area contributed by atoms with Crippen LogP contribution in [0, 0.1) is 5.82 Å². The molecule has 1 aliphatic heterocycles. The van der Waals surface area contributed by atoms with E-state index in [0.29, 0.717) is 6.42 Å². The molecule has 1 aliphatic rings. The standard InChI is InChI=1S/C31H30Cl2F3N3O6/c1-3-4-13-45-29(42)37-17-30(43)22-15-19(32)6-10-25(22)39(12-11-31(30,35)36)28(41)18-5-9-24(26(14-18)44-2)38-27(40)21-16-20(34)7-8-23(21)33/h5-10,14-16,43H,3-4,11-13,17H2,1-2H3,(H,37,42)(H,38,40). The maximum Gasteiger partial charge on any atom is 0.407 e. The molecule has 1 atom stereocenters. The molecule has 0 fully saturated rings. The number of methoxy groups -OCH3 is 1. The highest BCUT2D eigenvalue weighted by molar-refractivity contribution is 6.34. The lowest BCUT2D eigenvalue weighted by molar-refractivity contribution is -0.185. The molecule has 240 valence electrons. The number of hydrogen-bond acceptors (Lipinski definition) is 6. The van der Waals surface area contributed by atoms with Gasteiger partial charge in [-0.1, -0.05) is 36.5 Å². The predicted octanol–water partition coefficient (Wildman–Crippen LogP) is 6.79. The number of carbonyl (C=O) groups is 3. The van der Waals surface area contributed by atoms with Gasteiger partial charge in [0.25, 0.3) is 17.7 Å². The Balaban J connectivity index is 1.65. The number of alkyl halides is 2. The molecule has 0 aromatic heterocycles. The van der Waals surface area contributed by atoms with E-state index in [4.69, 9.17) is 32.7 Å². The molecule has 14 heteroatoms. The van der Waals surface area contributed by atoms with Crippen molar-refractivity contribution in [3.05, 3.63) is 87.2 Å². The molecule has 4 rings (SSSR count). The average molecular weight is 668 g/mol. The molecule has 45 heavy (non-hydrogen) atoms. The first-order valence-electron chi connectivity index (χ1n) is 13.9. The fourth-order valence-corrected chi connectivity index (χ4v) is 5.17. The van der Waals surface area contributed by atoms with Crippen LogP contribution in [-0.4, -0.2) is 55.7 Å². The Bertz CT molecular complexity index is 1610. The van der Waals surface area contributed by atoms with Gasteiger partial charge in [0.15, 0.2) is 5.60 Å². The second-order valence-electron chi connectivity index (χ2n) is 10.3. The maximum atomic E-state index is 15.7. The van der Waals surface area contributed by atoms with Crippen molar-refractivity contribution in [1.29, 1.82) is 0 Å². The molecule has 3 aromatic carbocycles. The SMILES string of the molecule is CCCCOC(=O)NCC1(O)c2cc(Cl)ccc2N(C(=O)c2ccc(NC(=O)c3cc(F)ccc3Cl)c(OC)c2)CCC1(F)F. The van der Waals surface area contributed by atoms with Gasteiger partial charge in [0.2, 0.25) is 0 Å².